The molecule has 2 unspecified atom stereocenters. The molecule has 4 nitrogen and oxygen atoms in total. The molecule has 0 aliphatic heterocycles. The number of carbonyl (C=O) groups excluding carboxylic acids is 2. The van der Waals surface area contributed by atoms with E-state index in [-0.39, 0.29) is 36.7 Å². The molecule has 0 fully saturated rings. The second-order valence-electron chi connectivity index (χ2n) is 10.2. The molecule has 5 heteroatoms. The molecular weight excluding hydrogens is 499 g/mol. The molecule has 40 heavy (non-hydrogen) atoms. The third kappa shape index (κ3) is 7.66. The first-order valence-electron chi connectivity index (χ1n) is 13.9. The van der Waals surface area contributed by atoms with Crippen LogP contribution in [0.5, 0.6) is 0 Å². The number of amides is 2. The van der Waals surface area contributed by atoms with Crippen LogP contribution in [-0.2, 0) is 22.6 Å². The van der Waals surface area contributed by atoms with Gasteiger partial charge in [-0.2, -0.15) is 0 Å². The van der Waals surface area contributed by atoms with Crippen LogP contribution in [0.25, 0.3) is 0 Å². The molecule has 2 amide bonds. The maximum Gasteiger partial charge on any atom is 0.243 e. The molecule has 0 saturated carbocycles. The van der Waals surface area contributed by atoms with Gasteiger partial charge in [0.05, 0.1) is 0 Å². The SMILES string of the molecule is CCC(C)NC(=O)C(Cc1ccccc1)N(Cc1ccccc1F)C(=O)CC(c1ccccc1)c1ccccc1. The van der Waals surface area contributed by atoms with Gasteiger partial charge in [0.1, 0.15) is 11.9 Å². The van der Waals surface area contributed by atoms with E-state index in [1.165, 1.54) is 6.07 Å². The van der Waals surface area contributed by atoms with E-state index in [0.29, 0.717) is 12.0 Å². The third-order valence-electron chi connectivity index (χ3n) is 7.35. The molecule has 1 N–H and O–H groups in total. The van der Waals surface area contributed by atoms with Gasteiger partial charge in [-0.3, -0.25) is 9.59 Å². The summed E-state index contributed by atoms with van der Waals surface area (Å²) in [6.45, 7) is 3.94. The highest BCUT2D eigenvalue weighted by Crippen LogP contribution is 2.30. The van der Waals surface area contributed by atoms with Crippen molar-refractivity contribution >= 4 is 11.8 Å². The molecule has 0 saturated heterocycles. The number of halogens is 1. The minimum atomic E-state index is -0.810. The summed E-state index contributed by atoms with van der Waals surface area (Å²) in [5.41, 5.74) is 3.33. The lowest BCUT2D eigenvalue weighted by atomic mass is 9.87. The van der Waals surface area contributed by atoms with E-state index in [9.17, 15) is 14.0 Å². The van der Waals surface area contributed by atoms with Gasteiger partial charge in [-0.1, -0.05) is 116 Å². The Morgan fingerprint density at radius 1 is 0.775 bits per heavy atom. The number of nitrogens with zero attached hydrogens (tertiary/aromatic N) is 1. The molecule has 206 valence electrons. The number of hydrogen-bond donors (Lipinski definition) is 1. The van der Waals surface area contributed by atoms with Crippen molar-refractivity contribution in [3.8, 4) is 0 Å². The normalized spacial score (nSPS) is 12.5. The summed E-state index contributed by atoms with van der Waals surface area (Å²) in [6.07, 6.45) is 1.23. The standard InChI is InChI=1S/C35H37FN2O2/c1-3-26(2)37-35(40)33(23-27-15-7-4-8-16-27)38(25-30-21-13-14-22-32(30)36)34(39)24-31(28-17-9-5-10-18-28)29-19-11-6-12-20-29/h4-22,26,31,33H,3,23-25H2,1-2H3,(H,37,40). The largest absolute Gasteiger partial charge is 0.352 e. The van der Waals surface area contributed by atoms with E-state index < -0.39 is 11.9 Å². The van der Waals surface area contributed by atoms with Crippen LogP contribution < -0.4 is 5.32 Å². The van der Waals surface area contributed by atoms with Crippen molar-refractivity contribution in [1.82, 2.24) is 10.2 Å². The molecule has 0 aromatic heterocycles. The van der Waals surface area contributed by atoms with Gasteiger partial charge in [-0.25, -0.2) is 4.39 Å². The van der Waals surface area contributed by atoms with Gasteiger partial charge in [0.2, 0.25) is 11.8 Å². The average Bonchev–Trinajstić information content (AvgIpc) is 2.99. The van der Waals surface area contributed by atoms with Crippen LogP contribution in [0.4, 0.5) is 4.39 Å². The highest BCUT2D eigenvalue weighted by molar-refractivity contribution is 5.88. The first kappa shape index (κ1) is 28.8. The van der Waals surface area contributed by atoms with Gasteiger partial charge in [-0.15, -0.1) is 0 Å². The van der Waals surface area contributed by atoms with Crippen LogP contribution in [0.1, 0.15) is 54.9 Å². The molecular formula is C35H37FN2O2. The quantitative estimate of drug-likeness (QED) is 0.214. The summed E-state index contributed by atoms with van der Waals surface area (Å²) < 4.78 is 14.9. The molecule has 4 aromatic carbocycles. The van der Waals surface area contributed by atoms with Gasteiger partial charge < -0.3 is 10.2 Å². The Labute approximate surface area is 236 Å². The van der Waals surface area contributed by atoms with E-state index in [2.05, 4.69) is 5.32 Å². The Bertz CT molecular complexity index is 1320. The van der Waals surface area contributed by atoms with Crippen molar-refractivity contribution in [1.29, 1.82) is 0 Å². The molecule has 4 rings (SSSR count). The summed E-state index contributed by atoms with van der Waals surface area (Å²) in [7, 11) is 0. The zero-order valence-corrected chi connectivity index (χ0v) is 23.2. The van der Waals surface area contributed by atoms with Crippen LogP contribution in [0.15, 0.2) is 115 Å². The van der Waals surface area contributed by atoms with E-state index in [4.69, 9.17) is 0 Å². The van der Waals surface area contributed by atoms with Crippen molar-refractivity contribution < 1.29 is 14.0 Å². The maximum atomic E-state index is 14.9. The van der Waals surface area contributed by atoms with E-state index in [1.54, 1.807) is 23.1 Å². The number of hydrogen-bond acceptors (Lipinski definition) is 2. The van der Waals surface area contributed by atoms with Crippen molar-refractivity contribution in [2.45, 2.75) is 57.7 Å². The predicted molar refractivity (Wildman–Crippen MR) is 158 cm³/mol. The first-order valence-corrected chi connectivity index (χ1v) is 13.9. The number of benzene rings is 4. The van der Waals surface area contributed by atoms with E-state index in [1.807, 2.05) is 105 Å². The maximum absolute atomic E-state index is 14.9. The Morgan fingerprint density at radius 3 is 1.85 bits per heavy atom. The Morgan fingerprint density at radius 2 is 1.30 bits per heavy atom. The summed E-state index contributed by atoms with van der Waals surface area (Å²) >= 11 is 0. The fourth-order valence-corrected chi connectivity index (χ4v) is 4.90. The Kier molecular flexibility index (Phi) is 10.2. The van der Waals surface area contributed by atoms with E-state index in [0.717, 1.165) is 23.1 Å². The molecule has 0 aliphatic rings. The van der Waals surface area contributed by atoms with Gasteiger partial charge >= 0.3 is 0 Å². The van der Waals surface area contributed by atoms with Crippen LogP contribution in [0.3, 0.4) is 0 Å². The molecule has 0 heterocycles. The average molecular weight is 537 g/mol. The zero-order valence-electron chi connectivity index (χ0n) is 23.2. The summed E-state index contributed by atoms with van der Waals surface area (Å²) in [5.74, 6) is -1.06. The Hall–Kier alpha value is -4.25. The summed E-state index contributed by atoms with van der Waals surface area (Å²) in [5, 5.41) is 3.08. The van der Waals surface area contributed by atoms with E-state index >= 15 is 0 Å². The van der Waals surface area contributed by atoms with Gasteiger partial charge in [0, 0.05) is 36.9 Å². The van der Waals surface area contributed by atoms with Crippen molar-refractivity contribution in [2.75, 3.05) is 0 Å². The lowest BCUT2D eigenvalue weighted by molar-refractivity contribution is -0.141. The van der Waals surface area contributed by atoms with Crippen molar-refractivity contribution in [2.24, 2.45) is 0 Å². The van der Waals surface area contributed by atoms with Gasteiger partial charge in [0.25, 0.3) is 0 Å². The minimum Gasteiger partial charge on any atom is -0.352 e. The fourth-order valence-electron chi connectivity index (χ4n) is 4.90. The highest BCUT2D eigenvalue weighted by Gasteiger charge is 2.33. The molecule has 4 aromatic rings. The summed E-state index contributed by atoms with van der Waals surface area (Å²) in [6, 6.07) is 35.1. The van der Waals surface area contributed by atoms with Gasteiger partial charge in [0.15, 0.2) is 0 Å². The molecule has 0 radical (unpaired) electrons. The van der Waals surface area contributed by atoms with Crippen LogP contribution >= 0.6 is 0 Å². The predicted octanol–water partition coefficient (Wildman–Crippen LogP) is 6.90. The molecule has 0 bridgehead atoms. The van der Waals surface area contributed by atoms with Crippen LogP contribution in [0, 0.1) is 5.82 Å². The zero-order chi connectivity index (χ0) is 28.3. The fraction of sp³-hybridized carbons (Fsp3) is 0.257. The second-order valence-corrected chi connectivity index (χ2v) is 10.2. The smallest absolute Gasteiger partial charge is 0.243 e. The summed E-state index contributed by atoms with van der Waals surface area (Å²) in [4.78, 5) is 29.7. The molecule has 2 atom stereocenters. The van der Waals surface area contributed by atoms with Crippen molar-refractivity contribution in [3.05, 3.63) is 143 Å². The van der Waals surface area contributed by atoms with Gasteiger partial charge in [-0.05, 0) is 36.1 Å². The Balaban J connectivity index is 1.75. The monoisotopic (exact) mass is 536 g/mol. The topological polar surface area (TPSA) is 49.4 Å². The minimum absolute atomic E-state index is 0.00671. The second kappa shape index (κ2) is 14.2. The number of carbonyl (C=O) groups is 2. The first-order chi connectivity index (χ1) is 19.5. The van der Waals surface area contributed by atoms with Crippen molar-refractivity contribution in [3.63, 3.8) is 0 Å². The van der Waals surface area contributed by atoms with Crippen LogP contribution in [-0.4, -0.2) is 28.8 Å². The lowest BCUT2D eigenvalue weighted by Crippen LogP contribution is -2.52. The van der Waals surface area contributed by atoms with Crippen LogP contribution in [0.2, 0.25) is 0 Å². The number of rotatable bonds is 12. The highest BCUT2D eigenvalue weighted by atomic mass is 19.1. The third-order valence-corrected chi connectivity index (χ3v) is 7.35. The number of nitrogens with one attached hydrogen (secondary N) is 1. The lowest BCUT2D eigenvalue weighted by Gasteiger charge is -2.33. The molecule has 0 spiro atoms. The molecule has 0 aliphatic carbocycles.